The predicted molar refractivity (Wildman–Crippen MR) is 106 cm³/mol. The van der Waals surface area contributed by atoms with E-state index in [4.69, 9.17) is 0 Å². The SMILES string of the molecule is CS(=O)(=O)Nc1nnc(NC(=O)/C=C/c2ccc(-c3ccccc3F)s2)s1. The van der Waals surface area contributed by atoms with Crippen molar-refractivity contribution in [3.63, 3.8) is 0 Å². The van der Waals surface area contributed by atoms with E-state index in [0.717, 1.165) is 27.3 Å². The van der Waals surface area contributed by atoms with Crippen molar-refractivity contribution in [3.05, 3.63) is 53.2 Å². The number of amides is 1. The number of halogens is 1. The molecule has 0 saturated heterocycles. The van der Waals surface area contributed by atoms with E-state index in [2.05, 4.69) is 20.2 Å². The molecular formula is C16H13FN4O3S3. The van der Waals surface area contributed by atoms with E-state index in [1.807, 2.05) is 0 Å². The Morgan fingerprint density at radius 1 is 1.11 bits per heavy atom. The Bertz CT molecular complexity index is 1110. The number of nitrogens with zero attached hydrogens (tertiary/aromatic N) is 2. The number of aromatic nitrogens is 2. The van der Waals surface area contributed by atoms with E-state index in [1.165, 1.54) is 23.5 Å². The molecule has 0 spiro atoms. The van der Waals surface area contributed by atoms with Crippen LogP contribution in [-0.2, 0) is 14.8 Å². The van der Waals surface area contributed by atoms with Crippen molar-refractivity contribution in [1.29, 1.82) is 0 Å². The number of hydrogen-bond donors (Lipinski definition) is 2. The van der Waals surface area contributed by atoms with Crippen LogP contribution in [0.1, 0.15) is 4.88 Å². The molecule has 0 aliphatic rings. The van der Waals surface area contributed by atoms with Gasteiger partial charge in [-0.15, -0.1) is 21.5 Å². The van der Waals surface area contributed by atoms with Crippen molar-refractivity contribution >= 4 is 54.9 Å². The lowest BCUT2D eigenvalue weighted by atomic mass is 10.2. The first-order chi connectivity index (χ1) is 12.8. The fourth-order valence-electron chi connectivity index (χ4n) is 2.03. The summed E-state index contributed by atoms with van der Waals surface area (Å²) in [7, 11) is -3.46. The molecular weight excluding hydrogens is 411 g/mol. The standard InChI is InChI=1S/C16H13FN4O3S3/c1-27(23,24)21-16-20-19-15(26-16)18-14(22)9-7-10-6-8-13(25-10)11-4-2-3-5-12(11)17/h2-9H,1H3,(H,20,21)(H,18,19,22)/b9-7+. The molecule has 0 aliphatic carbocycles. The van der Waals surface area contributed by atoms with Gasteiger partial charge in [-0.1, -0.05) is 29.5 Å². The van der Waals surface area contributed by atoms with Crippen molar-refractivity contribution in [2.75, 3.05) is 16.3 Å². The second-order valence-corrected chi connectivity index (χ2v) is 9.13. The smallest absolute Gasteiger partial charge is 0.250 e. The van der Waals surface area contributed by atoms with Crippen LogP contribution in [0.4, 0.5) is 14.7 Å². The highest BCUT2D eigenvalue weighted by molar-refractivity contribution is 7.92. The molecule has 0 radical (unpaired) electrons. The largest absolute Gasteiger partial charge is 0.297 e. The van der Waals surface area contributed by atoms with Gasteiger partial charge in [-0.3, -0.25) is 14.8 Å². The van der Waals surface area contributed by atoms with Gasteiger partial charge in [-0.25, -0.2) is 12.8 Å². The summed E-state index contributed by atoms with van der Waals surface area (Å²) in [5, 5.41) is 10.0. The number of carbonyl (C=O) groups excluding carboxylic acids is 1. The number of hydrogen-bond acceptors (Lipinski definition) is 7. The lowest BCUT2D eigenvalue weighted by Gasteiger charge is -1.98. The van der Waals surface area contributed by atoms with Crippen LogP contribution in [0.15, 0.2) is 42.5 Å². The van der Waals surface area contributed by atoms with Crippen LogP contribution < -0.4 is 10.0 Å². The van der Waals surface area contributed by atoms with Crippen LogP contribution in [0.3, 0.4) is 0 Å². The van der Waals surface area contributed by atoms with Crippen LogP contribution in [0.2, 0.25) is 0 Å². The lowest BCUT2D eigenvalue weighted by molar-refractivity contribution is -0.111. The molecule has 2 N–H and O–H groups in total. The van der Waals surface area contributed by atoms with Gasteiger partial charge in [-0.2, -0.15) is 0 Å². The summed E-state index contributed by atoms with van der Waals surface area (Å²) in [5.41, 5.74) is 0.506. The Morgan fingerprint density at radius 3 is 2.59 bits per heavy atom. The zero-order valence-electron chi connectivity index (χ0n) is 13.8. The summed E-state index contributed by atoms with van der Waals surface area (Å²) >= 11 is 2.25. The van der Waals surface area contributed by atoms with Gasteiger partial charge in [0, 0.05) is 21.4 Å². The van der Waals surface area contributed by atoms with Gasteiger partial charge >= 0.3 is 0 Å². The molecule has 0 bridgehead atoms. The number of sulfonamides is 1. The van der Waals surface area contributed by atoms with Crippen molar-refractivity contribution in [1.82, 2.24) is 10.2 Å². The maximum Gasteiger partial charge on any atom is 0.250 e. The Labute approximate surface area is 162 Å². The van der Waals surface area contributed by atoms with Gasteiger partial charge in [0.2, 0.25) is 26.2 Å². The number of carbonyl (C=O) groups is 1. The maximum absolute atomic E-state index is 13.8. The molecule has 1 aromatic carbocycles. The van der Waals surface area contributed by atoms with E-state index < -0.39 is 15.9 Å². The molecule has 11 heteroatoms. The third kappa shape index (κ3) is 5.42. The van der Waals surface area contributed by atoms with Crippen molar-refractivity contribution < 1.29 is 17.6 Å². The normalized spacial score (nSPS) is 11.6. The monoisotopic (exact) mass is 424 g/mol. The van der Waals surface area contributed by atoms with Crippen molar-refractivity contribution in [2.45, 2.75) is 0 Å². The molecule has 7 nitrogen and oxygen atoms in total. The summed E-state index contributed by atoms with van der Waals surface area (Å²) < 4.78 is 38.2. The molecule has 3 rings (SSSR count). The van der Waals surface area contributed by atoms with Gasteiger partial charge in [0.15, 0.2) is 0 Å². The zero-order chi connectivity index (χ0) is 19.4. The number of nitrogens with one attached hydrogen (secondary N) is 2. The fraction of sp³-hybridized carbons (Fsp3) is 0.0625. The first-order valence-electron chi connectivity index (χ1n) is 7.45. The fourth-order valence-corrected chi connectivity index (χ4v) is 4.44. The molecule has 0 atom stereocenters. The Kier molecular flexibility index (Phi) is 5.63. The molecule has 2 heterocycles. The third-order valence-electron chi connectivity index (χ3n) is 3.09. The van der Waals surface area contributed by atoms with E-state index in [0.29, 0.717) is 5.56 Å². The van der Waals surface area contributed by atoms with E-state index in [1.54, 1.807) is 36.4 Å². The molecule has 0 aliphatic heterocycles. The number of benzene rings is 1. The Balaban J connectivity index is 1.63. The second kappa shape index (κ2) is 7.94. The van der Waals surface area contributed by atoms with Gasteiger partial charge in [0.05, 0.1) is 6.26 Å². The third-order valence-corrected chi connectivity index (χ3v) is 5.62. The average Bonchev–Trinajstić information content (AvgIpc) is 3.21. The summed E-state index contributed by atoms with van der Waals surface area (Å²) in [4.78, 5) is 13.5. The van der Waals surface area contributed by atoms with Crippen LogP contribution in [0.5, 0.6) is 0 Å². The Morgan fingerprint density at radius 2 is 1.85 bits per heavy atom. The lowest BCUT2D eigenvalue weighted by Crippen LogP contribution is -2.09. The minimum absolute atomic E-state index is 0.0598. The first kappa shape index (κ1) is 19.1. The first-order valence-corrected chi connectivity index (χ1v) is 11.0. The molecule has 140 valence electrons. The van der Waals surface area contributed by atoms with Crippen molar-refractivity contribution in [3.8, 4) is 10.4 Å². The van der Waals surface area contributed by atoms with Crippen molar-refractivity contribution in [2.24, 2.45) is 0 Å². The number of thiophene rings is 1. The zero-order valence-corrected chi connectivity index (χ0v) is 16.3. The van der Waals surface area contributed by atoms with Gasteiger partial charge in [0.1, 0.15) is 5.82 Å². The van der Waals surface area contributed by atoms with Gasteiger partial charge in [0.25, 0.3) is 0 Å². The summed E-state index contributed by atoms with van der Waals surface area (Å²) in [5.74, 6) is -0.750. The Hall–Kier alpha value is -2.63. The molecule has 0 fully saturated rings. The van der Waals surface area contributed by atoms with Crippen LogP contribution in [0.25, 0.3) is 16.5 Å². The predicted octanol–water partition coefficient (Wildman–Crippen LogP) is 3.43. The minimum atomic E-state index is -3.46. The molecule has 1 amide bonds. The molecule has 2 aromatic heterocycles. The highest BCUT2D eigenvalue weighted by Crippen LogP contribution is 2.30. The summed E-state index contributed by atoms with van der Waals surface area (Å²) in [6, 6.07) is 10.0. The van der Waals surface area contributed by atoms with Crippen LogP contribution >= 0.6 is 22.7 Å². The molecule has 0 unspecified atom stereocenters. The maximum atomic E-state index is 13.8. The van der Waals surface area contributed by atoms with E-state index in [-0.39, 0.29) is 16.1 Å². The average molecular weight is 425 g/mol. The molecule has 27 heavy (non-hydrogen) atoms. The van der Waals surface area contributed by atoms with Gasteiger partial charge < -0.3 is 0 Å². The second-order valence-electron chi connectivity index (χ2n) is 5.29. The van der Waals surface area contributed by atoms with Crippen LogP contribution in [-0.4, -0.2) is 30.8 Å². The number of anilines is 2. The van der Waals surface area contributed by atoms with Gasteiger partial charge in [-0.05, 0) is 24.3 Å². The minimum Gasteiger partial charge on any atom is -0.297 e. The summed E-state index contributed by atoms with van der Waals surface area (Å²) in [6.07, 6.45) is 3.90. The quantitative estimate of drug-likeness (QED) is 0.591. The highest BCUT2D eigenvalue weighted by Gasteiger charge is 2.10. The summed E-state index contributed by atoms with van der Waals surface area (Å²) in [6.45, 7) is 0. The molecule has 3 aromatic rings. The number of rotatable bonds is 6. The van der Waals surface area contributed by atoms with Crippen LogP contribution in [0, 0.1) is 5.82 Å². The topological polar surface area (TPSA) is 101 Å². The highest BCUT2D eigenvalue weighted by atomic mass is 32.2. The molecule has 0 saturated carbocycles. The van der Waals surface area contributed by atoms with E-state index in [9.17, 15) is 17.6 Å². The van der Waals surface area contributed by atoms with E-state index >= 15 is 0 Å².